The van der Waals surface area contributed by atoms with E-state index in [2.05, 4.69) is 11.6 Å². The van der Waals surface area contributed by atoms with Crippen LogP contribution in [0.1, 0.15) is 0 Å². The minimum atomic E-state index is -5.10. The van der Waals surface area contributed by atoms with Gasteiger partial charge in [-0.3, -0.25) is 0 Å². The fourth-order valence-electron chi connectivity index (χ4n) is 0.113. The van der Waals surface area contributed by atoms with E-state index in [1.165, 1.54) is 10.2 Å². The Bertz CT molecular complexity index is 118. The molecule has 0 aliphatic rings. The summed E-state index contributed by atoms with van der Waals surface area (Å²) in [6.07, 6.45) is -5.10. The van der Waals surface area contributed by atoms with Crippen molar-refractivity contribution in [3.05, 3.63) is 0 Å². The lowest BCUT2D eigenvalue weighted by atomic mass is 11.2. The zero-order chi connectivity index (χ0) is 8.41. The molecule has 10 heavy (non-hydrogen) atoms. The van der Waals surface area contributed by atoms with E-state index in [9.17, 15) is 22.0 Å². The van der Waals surface area contributed by atoms with Crippen LogP contribution in [0.5, 0.6) is 0 Å². The van der Waals surface area contributed by atoms with Gasteiger partial charge in [-0.05, 0) is 11.6 Å². The van der Waals surface area contributed by atoms with E-state index in [0.717, 1.165) is 0 Å². The first-order valence-electron chi connectivity index (χ1n) is 1.78. The first-order chi connectivity index (χ1) is 4.21. The topological polar surface area (TPSA) is 24.7 Å². The molecule has 0 bridgehead atoms. The van der Waals surface area contributed by atoms with Crippen LogP contribution in [0.25, 0.3) is 0 Å². The highest BCUT2D eigenvalue weighted by Gasteiger charge is 2.31. The van der Waals surface area contributed by atoms with E-state index < -0.39 is 11.8 Å². The van der Waals surface area contributed by atoms with Crippen molar-refractivity contribution in [2.75, 3.05) is 0 Å². The minimum absolute atomic E-state index is 1.27. The van der Waals surface area contributed by atoms with Crippen molar-refractivity contribution in [2.45, 2.75) is 11.8 Å². The standard InChI is InChI=1S/C2ClF5N2/c3-1(4,5)9-10-2(6,7)8. The van der Waals surface area contributed by atoms with Crippen molar-refractivity contribution in [2.24, 2.45) is 10.2 Å². The zero-order valence-corrected chi connectivity index (χ0v) is 4.92. The van der Waals surface area contributed by atoms with Gasteiger partial charge in [0.2, 0.25) is 0 Å². The van der Waals surface area contributed by atoms with E-state index in [0.29, 0.717) is 0 Å². The van der Waals surface area contributed by atoms with Gasteiger partial charge in [-0.2, -0.15) is 8.78 Å². The van der Waals surface area contributed by atoms with Gasteiger partial charge in [0, 0.05) is 0 Å². The highest BCUT2D eigenvalue weighted by molar-refractivity contribution is 6.21. The van der Waals surface area contributed by atoms with Gasteiger partial charge in [-0.1, -0.05) is 10.2 Å². The largest absolute Gasteiger partial charge is 0.521 e. The fraction of sp³-hybridized carbons (Fsp3) is 1.00. The normalized spacial score (nSPS) is 14.6. The minimum Gasteiger partial charge on any atom is -0.163 e. The summed E-state index contributed by atoms with van der Waals surface area (Å²) in [5.74, 6) is 0. The summed E-state index contributed by atoms with van der Waals surface area (Å²) in [4.78, 5) is 0. The Balaban J connectivity index is 4.01. The van der Waals surface area contributed by atoms with Gasteiger partial charge in [0.25, 0.3) is 0 Å². The number of hydrogen-bond donors (Lipinski definition) is 0. The molecule has 0 spiro atoms. The van der Waals surface area contributed by atoms with Crippen molar-refractivity contribution in [1.29, 1.82) is 0 Å². The molecule has 0 radical (unpaired) electrons. The predicted octanol–water partition coefficient (Wildman–Crippen LogP) is 2.75. The monoisotopic (exact) mass is 182 g/mol. The van der Waals surface area contributed by atoms with Crippen molar-refractivity contribution < 1.29 is 22.0 Å². The van der Waals surface area contributed by atoms with E-state index in [4.69, 9.17) is 0 Å². The van der Waals surface area contributed by atoms with Gasteiger partial charge in [0.05, 0.1) is 0 Å². The Morgan fingerprint density at radius 3 is 1.40 bits per heavy atom. The van der Waals surface area contributed by atoms with Crippen molar-refractivity contribution in [3.63, 3.8) is 0 Å². The van der Waals surface area contributed by atoms with Crippen molar-refractivity contribution >= 4 is 11.6 Å². The molecular formula is C2ClF5N2. The Kier molecular flexibility index (Phi) is 2.53. The molecule has 0 N–H and O–H groups in total. The quantitative estimate of drug-likeness (QED) is 0.258. The van der Waals surface area contributed by atoms with Crippen LogP contribution in [0.3, 0.4) is 0 Å². The molecule has 0 aliphatic carbocycles. The van der Waals surface area contributed by atoms with Gasteiger partial charge in [0.1, 0.15) is 0 Å². The summed E-state index contributed by atoms with van der Waals surface area (Å²) in [5, 5.41) is 2.73. The molecule has 0 amide bonds. The third kappa shape index (κ3) is 7.54. The second-order valence-corrected chi connectivity index (χ2v) is 1.59. The first kappa shape index (κ1) is 9.54. The molecule has 8 heteroatoms. The molecular weight excluding hydrogens is 182 g/mol. The smallest absolute Gasteiger partial charge is 0.163 e. The molecule has 0 aromatic heterocycles. The lowest BCUT2D eigenvalue weighted by molar-refractivity contribution is -0.130. The average molecular weight is 182 g/mol. The molecule has 0 saturated heterocycles. The third-order valence-corrected chi connectivity index (χ3v) is 0.352. The molecule has 0 rings (SSSR count). The molecule has 60 valence electrons. The molecule has 0 aliphatic heterocycles. The van der Waals surface area contributed by atoms with Crippen LogP contribution in [-0.4, -0.2) is 11.8 Å². The van der Waals surface area contributed by atoms with Gasteiger partial charge in [0.15, 0.2) is 0 Å². The van der Waals surface area contributed by atoms with E-state index in [-0.39, 0.29) is 0 Å². The summed E-state index contributed by atoms with van der Waals surface area (Å²) in [6, 6.07) is 0. The summed E-state index contributed by atoms with van der Waals surface area (Å²) >= 11 is 3.95. The van der Waals surface area contributed by atoms with Crippen molar-refractivity contribution in [1.82, 2.24) is 0 Å². The van der Waals surface area contributed by atoms with E-state index in [1.807, 2.05) is 0 Å². The molecule has 0 fully saturated rings. The number of azo groups is 1. The highest BCUT2D eigenvalue weighted by Crippen LogP contribution is 2.25. The van der Waals surface area contributed by atoms with Crippen LogP contribution < -0.4 is 0 Å². The van der Waals surface area contributed by atoms with Crippen molar-refractivity contribution in [3.8, 4) is 0 Å². The summed E-state index contributed by atoms with van der Waals surface area (Å²) in [5.41, 5.74) is -4.28. The fourth-order valence-corrected chi connectivity index (χ4v) is 0.151. The molecule has 0 aromatic rings. The molecule has 0 aromatic carbocycles. The first-order valence-corrected chi connectivity index (χ1v) is 2.16. The van der Waals surface area contributed by atoms with E-state index >= 15 is 0 Å². The van der Waals surface area contributed by atoms with Gasteiger partial charge < -0.3 is 0 Å². The number of alkyl halides is 6. The van der Waals surface area contributed by atoms with E-state index in [1.54, 1.807) is 0 Å². The Morgan fingerprint density at radius 2 is 1.30 bits per heavy atom. The van der Waals surface area contributed by atoms with Crippen LogP contribution in [0.2, 0.25) is 0 Å². The average Bonchev–Trinajstić information content (AvgIpc) is 1.57. The highest BCUT2D eigenvalue weighted by atomic mass is 35.5. The SMILES string of the molecule is FC(F)(F)N=NC(F)(F)Cl. The maximum Gasteiger partial charge on any atom is 0.521 e. The number of rotatable bonds is 1. The zero-order valence-electron chi connectivity index (χ0n) is 4.16. The van der Waals surface area contributed by atoms with Crippen LogP contribution in [0.4, 0.5) is 22.0 Å². The molecule has 0 heterocycles. The van der Waals surface area contributed by atoms with Gasteiger partial charge in [-0.15, -0.1) is 13.2 Å². The lowest BCUT2D eigenvalue weighted by Gasteiger charge is -1.98. The molecule has 0 unspecified atom stereocenters. The lowest BCUT2D eigenvalue weighted by Crippen LogP contribution is -2.05. The summed E-state index contributed by atoms with van der Waals surface area (Å²) < 4.78 is 55.3. The molecule has 0 atom stereocenters. The van der Waals surface area contributed by atoms with Crippen LogP contribution in [0.15, 0.2) is 10.2 Å². The molecule has 0 saturated carbocycles. The number of nitrogens with zero attached hydrogens (tertiary/aromatic N) is 2. The van der Waals surface area contributed by atoms with Gasteiger partial charge >= 0.3 is 11.8 Å². The Morgan fingerprint density at radius 1 is 0.900 bits per heavy atom. The Hall–Kier alpha value is -0.460. The Labute approximate surface area is 56.7 Å². The van der Waals surface area contributed by atoms with Crippen LogP contribution >= 0.6 is 11.6 Å². The van der Waals surface area contributed by atoms with Crippen LogP contribution in [0, 0.1) is 0 Å². The summed E-state index contributed by atoms with van der Waals surface area (Å²) in [7, 11) is 0. The molecule has 2 nitrogen and oxygen atoms in total. The predicted molar refractivity (Wildman–Crippen MR) is 21.7 cm³/mol. The maximum absolute atomic E-state index is 11.3. The maximum atomic E-state index is 11.3. The second kappa shape index (κ2) is 2.65. The summed E-state index contributed by atoms with van der Waals surface area (Å²) in [6.45, 7) is 0. The number of halogens is 6. The number of hydrogen-bond acceptors (Lipinski definition) is 2. The van der Waals surface area contributed by atoms with Crippen LogP contribution in [-0.2, 0) is 0 Å². The third-order valence-electron chi connectivity index (χ3n) is 0.277. The second-order valence-electron chi connectivity index (χ2n) is 1.14. The van der Waals surface area contributed by atoms with Gasteiger partial charge in [-0.25, -0.2) is 0 Å².